The topological polar surface area (TPSA) is 101 Å². The van der Waals surface area contributed by atoms with Crippen molar-refractivity contribution >= 4 is 21.6 Å². The fraction of sp³-hybridized carbons (Fsp3) is 0.0556. The number of nitrogens with zero attached hydrogens (tertiary/aromatic N) is 2. The molecule has 0 fully saturated rings. The third-order valence-electron chi connectivity index (χ3n) is 3.64. The number of amides is 1. The summed E-state index contributed by atoms with van der Waals surface area (Å²) >= 11 is 0. The minimum Gasteiger partial charge on any atom is -0.319 e. The third kappa shape index (κ3) is 3.93. The summed E-state index contributed by atoms with van der Waals surface area (Å²) in [5.74, 6) is 0.180. The van der Waals surface area contributed by atoms with E-state index >= 15 is 0 Å². The van der Waals surface area contributed by atoms with Crippen molar-refractivity contribution in [3.63, 3.8) is 0 Å². The number of hydrogen-bond donors (Lipinski definition) is 2. The van der Waals surface area contributed by atoms with Crippen LogP contribution >= 0.6 is 0 Å². The Kier molecular flexibility index (Phi) is 5.06. The van der Waals surface area contributed by atoms with Gasteiger partial charge in [0.1, 0.15) is 0 Å². The lowest BCUT2D eigenvalue weighted by Gasteiger charge is -2.07. The van der Waals surface area contributed by atoms with Crippen molar-refractivity contribution in [2.75, 3.05) is 12.4 Å². The Morgan fingerprint density at radius 1 is 0.923 bits per heavy atom. The average Bonchev–Trinajstić information content (AvgIpc) is 2.69. The van der Waals surface area contributed by atoms with Gasteiger partial charge in [-0.15, -0.1) is 0 Å². The molecule has 0 aliphatic heterocycles. The molecular formula is C18H16N4O3S. The van der Waals surface area contributed by atoms with E-state index in [1.165, 1.54) is 43.7 Å². The molecule has 3 rings (SSSR count). The first-order chi connectivity index (χ1) is 12.5. The fourth-order valence-electron chi connectivity index (χ4n) is 2.24. The van der Waals surface area contributed by atoms with E-state index in [4.69, 9.17) is 0 Å². The van der Waals surface area contributed by atoms with E-state index < -0.39 is 10.0 Å². The first-order valence-corrected chi connectivity index (χ1v) is 9.20. The van der Waals surface area contributed by atoms with Gasteiger partial charge in [0.25, 0.3) is 5.91 Å². The van der Waals surface area contributed by atoms with Gasteiger partial charge in [0.05, 0.1) is 23.0 Å². The Morgan fingerprint density at radius 2 is 1.54 bits per heavy atom. The minimum atomic E-state index is -3.53. The molecule has 0 spiro atoms. The molecule has 26 heavy (non-hydrogen) atoms. The smallest absolute Gasteiger partial charge is 0.255 e. The second-order valence-corrected chi connectivity index (χ2v) is 7.23. The van der Waals surface area contributed by atoms with Gasteiger partial charge in [0.2, 0.25) is 10.0 Å². The van der Waals surface area contributed by atoms with Gasteiger partial charge in [0.15, 0.2) is 5.82 Å². The Balaban J connectivity index is 1.72. The Bertz CT molecular complexity index is 1000. The molecule has 0 aliphatic rings. The molecule has 0 saturated carbocycles. The largest absolute Gasteiger partial charge is 0.319 e. The molecule has 0 bridgehead atoms. The Morgan fingerprint density at radius 3 is 2.12 bits per heavy atom. The number of carbonyl (C=O) groups excluding carboxylic acids is 1. The fourth-order valence-corrected chi connectivity index (χ4v) is 2.97. The number of hydrogen-bond acceptors (Lipinski definition) is 5. The predicted molar refractivity (Wildman–Crippen MR) is 98.1 cm³/mol. The maximum Gasteiger partial charge on any atom is 0.255 e. The van der Waals surface area contributed by atoms with Gasteiger partial charge in [-0.1, -0.05) is 30.3 Å². The molecule has 0 atom stereocenters. The normalized spacial score (nSPS) is 11.1. The zero-order valence-electron chi connectivity index (χ0n) is 13.9. The van der Waals surface area contributed by atoms with Gasteiger partial charge in [-0.05, 0) is 31.3 Å². The highest BCUT2D eigenvalue weighted by molar-refractivity contribution is 7.89. The highest BCUT2D eigenvalue weighted by atomic mass is 32.2. The van der Waals surface area contributed by atoms with Crippen LogP contribution in [0.5, 0.6) is 0 Å². The van der Waals surface area contributed by atoms with Crippen LogP contribution in [0, 0.1) is 0 Å². The maximum atomic E-state index is 12.3. The van der Waals surface area contributed by atoms with Crippen molar-refractivity contribution < 1.29 is 13.2 Å². The molecule has 0 saturated heterocycles. The summed E-state index contributed by atoms with van der Waals surface area (Å²) < 4.78 is 25.6. The molecule has 0 radical (unpaired) electrons. The number of benzene rings is 2. The van der Waals surface area contributed by atoms with Crippen LogP contribution in [0.1, 0.15) is 10.4 Å². The molecule has 2 N–H and O–H groups in total. The minimum absolute atomic E-state index is 0.0899. The van der Waals surface area contributed by atoms with Crippen molar-refractivity contribution in [3.8, 4) is 11.4 Å². The molecule has 1 aromatic heterocycles. The van der Waals surface area contributed by atoms with E-state index in [-0.39, 0.29) is 10.8 Å². The van der Waals surface area contributed by atoms with Crippen LogP contribution in [0.25, 0.3) is 11.4 Å². The van der Waals surface area contributed by atoms with Crippen molar-refractivity contribution in [2.24, 2.45) is 0 Å². The molecule has 7 nitrogen and oxygen atoms in total. The second-order valence-electron chi connectivity index (χ2n) is 5.35. The first-order valence-electron chi connectivity index (χ1n) is 7.72. The Hall–Kier alpha value is -3.10. The highest BCUT2D eigenvalue weighted by Crippen LogP contribution is 2.16. The summed E-state index contributed by atoms with van der Waals surface area (Å²) in [7, 11) is -2.20. The number of rotatable bonds is 5. The maximum absolute atomic E-state index is 12.3. The van der Waals surface area contributed by atoms with Crippen LogP contribution in [0.4, 0.5) is 5.69 Å². The SMILES string of the molecule is CNS(=O)(=O)c1ccc(C(=O)Nc2cnc(-c3ccccc3)nc2)cc1. The van der Waals surface area contributed by atoms with Gasteiger partial charge in [0, 0.05) is 11.1 Å². The van der Waals surface area contributed by atoms with Crippen LogP contribution in [-0.2, 0) is 10.0 Å². The standard InChI is InChI=1S/C18H16N4O3S/c1-19-26(24,25)16-9-7-14(8-10-16)18(23)22-15-11-20-17(21-12-15)13-5-3-2-4-6-13/h2-12,19H,1H3,(H,22,23). The van der Waals surface area contributed by atoms with Gasteiger partial charge in [-0.2, -0.15) is 0 Å². The van der Waals surface area contributed by atoms with Crippen molar-refractivity contribution in [1.29, 1.82) is 0 Å². The van der Waals surface area contributed by atoms with Crippen molar-refractivity contribution in [1.82, 2.24) is 14.7 Å². The van der Waals surface area contributed by atoms with Gasteiger partial charge < -0.3 is 5.32 Å². The zero-order valence-corrected chi connectivity index (χ0v) is 14.7. The van der Waals surface area contributed by atoms with E-state index in [1.807, 2.05) is 30.3 Å². The molecule has 0 unspecified atom stereocenters. The molecule has 132 valence electrons. The lowest BCUT2D eigenvalue weighted by atomic mass is 10.2. The van der Waals surface area contributed by atoms with Crippen LogP contribution in [0.3, 0.4) is 0 Å². The molecule has 3 aromatic rings. The summed E-state index contributed by atoms with van der Waals surface area (Å²) in [6, 6.07) is 15.1. The monoisotopic (exact) mass is 368 g/mol. The molecular weight excluding hydrogens is 352 g/mol. The molecule has 8 heteroatoms. The number of anilines is 1. The van der Waals surface area contributed by atoms with Crippen LogP contribution < -0.4 is 10.0 Å². The zero-order chi connectivity index (χ0) is 18.6. The molecule has 1 heterocycles. The molecule has 2 aromatic carbocycles. The Labute approximate surface area is 151 Å². The second kappa shape index (κ2) is 7.42. The summed E-state index contributed by atoms with van der Waals surface area (Å²) in [6.07, 6.45) is 3.04. The van der Waals surface area contributed by atoms with Crippen LogP contribution in [0.15, 0.2) is 71.9 Å². The van der Waals surface area contributed by atoms with E-state index in [2.05, 4.69) is 20.0 Å². The number of nitrogens with one attached hydrogen (secondary N) is 2. The lowest BCUT2D eigenvalue weighted by Crippen LogP contribution is -2.19. The molecule has 1 amide bonds. The van der Waals surface area contributed by atoms with Crippen LogP contribution in [0.2, 0.25) is 0 Å². The van der Waals surface area contributed by atoms with Gasteiger partial charge in [-0.3, -0.25) is 4.79 Å². The number of sulfonamides is 1. The van der Waals surface area contributed by atoms with E-state index in [1.54, 1.807) is 0 Å². The van der Waals surface area contributed by atoms with Crippen LogP contribution in [-0.4, -0.2) is 31.3 Å². The van der Waals surface area contributed by atoms with E-state index in [0.29, 0.717) is 17.1 Å². The summed E-state index contributed by atoms with van der Waals surface area (Å²) in [4.78, 5) is 20.8. The van der Waals surface area contributed by atoms with Crippen molar-refractivity contribution in [3.05, 3.63) is 72.6 Å². The third-order valence-corrected chi connectivity index (χ3v) is 5.07. The molecule has 0 aliphatic carbocycles. The summed E-state index contributed by atoms with van der Waals surface area (Å²) in [5, 5.41) is 2.68. The summed E-state index contributed by atoms with van der Waals surface area (Å²) in [5.41, 5.74) is 1.65. The van der Waals surface area contributed by atoms with Gasteiger partial charge >= 0.3 is 0 Å². The predicted octanol–water partition coefficient (Wildman–Crippen LogP) is 2.30. The summed E-state index contributed by atoms with van der Waals surface area (Å²) in [6.45, 7) is 0. The van der Waals surface area contributed by atoms with Gasteiger partial charge in [-0.25, -0.2) is 23.1 Å². The number of carbonyl (C=O) groups is 1. The quantitative estimate of drug-likeness (QED) is 0.720. The average molecular weight is 368 g/mol. The highest BCUT2D eigenvalue weighted by Gasteiger charge is 2.13. The first kappa shape index (κ1) is 17.7. The number of aromatic nitrogens is 2. The van der Waals surface area contributed by atoms with E-state index in [9.17, 15) is 13.2 Å². The lowest BCUT2D eigenvalue weighted by molar-refractivity contribution is 0.102. The van der Waals surface area contributed by atoms with Crippen molar-refractivity contribution in [2.45, 2.75) is 4.90 Å². The van der Waals surface area contributed by atoms with E-state index in [0.717, 1.165) is 5.56 Å².